The molecule has 0 bridgehead atoms. The van der Waals surface area contributed by atoms with Crippen molar-refractivity contribution in [3.8, 4) is 0 Å². The van der Waals surface area contributed by atoms with Crippen molar-refractivity contribution in [1.82, 2.24) is 10.2 Å². The predicted molar refractivity (Wildman–Crippen MR) is 189 cm³/mol. The molecular weight excluding hydrogens is 627 g/mol. The van der Waals surface area contributed by atoms with Crippen molar-refractivity contribution < 1.29 is 27.9 Å². The SMILES string of the molecule is CCCS(=O)(=O)N(C)c1cccc(C(=O)N[C@@H](Cc2ccccc2)[C@H](O)CN(C(=O)OCc2ccccc2)[C@H](CC)c2ccccc2)c1. The Balaban J connectivity index is 1.61. The van der Waals surface area contributed by atoms with Crippen molar-refractivity contribution in [3.63, 3.8) is 0 Å². The molecule has 2 N–H and O–H groups in total. The molecule has 10 heteroatoms. The molecule has 0 heterocycles. The zero-order valence-corrected chi connectivity index (χ0v) is 28.6. The number of benzene rings is 4. The summed E-state index contributed by atoms with van der Waals surface area (Å²) in [5.41, 5.74) is 3.22. The number of nitrogens with zero attached hydrogens (tertiary/aromatic N) is 2. The van der Waals surface area contributed by atoms with Gasteiger partial charge in [-0.2, -0.15) is 0 Å². The van der Waals surface area contributed by atoms with E-state index in [0.717, 1.165) is 16.7 Å². The number of hydrogen-bond acceptors (Lipinski definition) is 6. The molecule has 0 saturated heterocycles. The van der Waals surface area contributed by atoms with E-state index in [2.05, 4.69) is 5.32 Å². The van der Waals surface area contributed by atoms with Gasteiger partial charge in [-0.3, -0.25) is 14.0 Å². The summed E-state index contributed by atoms with van der Waals surface area (Å²) in [6.45, 7) is 3.72. The maximum absolute atomic E-state index is 13.7. The average Bonchev–Trinajstić information content (AvgIpc) is 3.11. The maximum Gasteiger partial charge on any atom is 0.410 e. The van der Waals surface area contributed by atoms with Crippen LogP contribution in [0, 0.1) is 0 Å². The number of anilines is 1. The van der Waals surface area contributed by atoms with Gasteiger partial charge >= 0.3 is 6.09 Å². The lowest BCUT2D eigenvalue weighted by Crippen LogP contribution is -2.51. The first-order valence-corrected chi connectivity index (χ1v) is 17.9. The minimum Gasteiger partial charge on any atom is -0.445 e. The number of amides is 2. The Hall–Kier alpha value is -4.67. The van der Waals surface area contributed by atoms with Crippen LogP contribution in [-0.4, -0.2) is 61.9 Å². The van der Waals surface area contributed by atoms with Gasteiger partial charge in [-0.05, 0) is 54.2 Å². The molecule has 0 unspecified atom stereocenters. The predicted octanol–water partition coefficient (Wildman–Crippen LogP) is 6.35. The fourth-order valence-corrected chi connectivity index (χ4v) is 6.80. The van der Waals surface area contributed by atoms with E-state index in [9.17, 15) is 23.1 Å². The molecule has 0 fully saturated rings. The van der Waals surface area contributed by atoms with Gasteiger partial charge in [0.2, 0.25) is 10.0 Å². The number of hydrogen-bond donors (Lipinski definition) is 2. The van der Waals surface area contributed by atoms with Crippen molar-refractivity contribution in [1.29, 1.82) is 0 Å². The minimum atomic E-state index is -3.55. The lowest BCUT2D eigenvalue weighted by atomic mass is 9.98. The molecule has 4 aromatic rings. The van der Waals surface area contributed by atoms with E-state index in [1.165, 1.54) is 22.3 Å². The zero-order valence-electron chi connectivity index (χ0n) is 27.7. The molecule has 2 amide bonds. The number of nitrogens with one attached hydrogen (secondary N) is 1. The van der Waals surface area contributed by atoms with Gasteiger partial charge in [0.25, 0.3) is 5.91 Å². The molecule has 0 aliphatic rings. The van der Waals surface area contributed by atoms with Crippen LogP contribution in [0.15, 0.2) is 115 Å². The second kappa shape index (κ2) is 17.5. The van der Waals surface area contributed by atoms with Gasteiger partial charge in [0.05, 0.1) is 36.2 Å². The molecule has 0 radical (unpaired) electrons. The van der Waals surface area contributed by atoms with Crippen LogP contribution in [0.3, 0.4) is 0 Å². The molecular formula is C38H45N3O6S. The third kappa shape index (κ3) is 9.92. The van der Waals surface area contributed by atoms with Crippen molar-refractivity contribution in [2.45, 2.75) is 57.9 Å². The Labute approximate surface area is 284 Å². The zero-order chi connectivity index (χ0) is 34.5. The normalized spacial score (nSPS) is 13.2. The average molecular weight is 672 g/mol. The fraction of sp³-hybridized carbons (Fsp3) is 0.316. The summed E-state index contributed by atoms with van der Waals surface area (Å²) in [6.07, 6.45) is -0.456. The Morgan fingerprint density at radius 1 is 0.833 bits per heavy atom. The summed E-state index contributed by atoms with van der Waals surface area (Å²) >= 11 is 0. The number of carbonyl (C=O) groups is 2. The highest BCUT2D eigenvalue weighted by Crippen LogP contribution is 2.27. The molecule has 254 valence electrons. The summed E-state index contributed by atoms with van der Waals surface area (Å²) in [4.78, 5) is 29.0. The van der Waals surface area contributed by atoms with Crippen molar-refractivity contribution in [2.75, 3.05) is 23.7 Å². The minimum absolute atomic E-state index is 0.0166. The number of ether oxygens (including phenoxy) is 1. The van der Waals surface area contributed by atoms with Gasteiger partial charge < -0.3 is 15.2 Å². The molecule has 3 atom stereocenters. The lowest BCUT2D eigenvalue weighted by Gasteiger charge is -2.35. The molecule has 9 nitrogen and oxygen atoms in total. The van der Waals surface area contributed by atoms with Crippen LogP contribution in [-0.2, 0) is 27.8 Å². The number of rotatable bonds is 16. The van der Waals surface area contributed by atoms with Crippen LogP contribution in [0.1, 0.15) is 59.8 Å². The van der Waals surface area contributed by atoms with Gasteiger partial charge in [-0.25, -0.2) is 13.2 Å². The molecule has 48 heavy (non-hydrogen) atoms. The van der Waals surface area contributed by atoms with E-state index in [0.29, 0.717) is 18.5 Å². The molecule has 4 rings (SSSR count). The standard InChI is InChI=1S/C38H45N3O6S/c1-4-24-48(45,46)40(3)33-23-15-22-32(26-33)37(43)39-34(25-29-16-9-6-10-17-29)36(42)27-41(35(5-2)31-20-13-8-14-21-31)38(44)47-28-30-18-11-7-12-19-30/h6-23,26,34-36,42H,4-5,24-25,27-28H2,1-3H3,(H,39,43)/t34-,35+,36+/m0/s1. The van der Waals surface area contributed by atoms with Gasteiger partial charge in [0.15, 0.2) is 0 Å². The number of sulfonamides is 1. The van der Waals surface area contributed by atoms with Gasteiger partial charge in [-0.15, -0.1) is 0 Å². The van der Waals surface area contributed by atoms with Crippen LogP contribution in [0.4, 0.5) is 10.5 Å². The molecule has 0 aliphatic carbocycles. The van der Waals surface area contributed by atoms with Crippen molar-refractivity contribution in [3.05, 3.63) is 138 Å². The molecule has 0 saturated carbocycles. The second-order valence-corrected chi connectivity index (χ2v) is 13.8. The Bertz CT molecular complexity index is 1700. The van der Waals surface area contributed by atoms with E-state index in [1.54, 1.807) is 25.1 Å². The highest BCUT2D eigenvalue weighted by atomic mass is 32.2. The first-order chi connectivity index (χ1) is 23.1. The van der Waals surface area contributed by atoms with Crippen LogP contribution in [0.5, 0.6) is 0 Å². The number of aliphatic hydroxyl groups excluding tert-OH is 1. The Kier molecular flexibility index (Phi) is 13.2. The Morgan fingerprint density at radius 3 is 2.04 bits per heavy atom. The quantitative estimate of drug-likeness (QED) is 0.143. The van der Waals surface area contributed by atoms with Crippen LogP contribution in [0.2, 0.25) is 0 Å². The monoisotopic (exact) mass is 671 g/mol. The summed E-state index contributed by atoms with van der Waals surface area (Å²) in [5, 5.41) is 14.8. The summed E-state index contributed by atoms with van der Waals surface area (Å²) < 4.78 is 32.3. The first-order valence-electron chi connectivity index (χ1n) is 16.2. The molecule has 0 aliphatic heterocycles. The Morgan fingerprint density at radius 2 is 1.44 bits per heavy atom. The van der Waals surface area contributed by atoms with Crippen LogP contribution < -0.4 is 9.62 Å². The summed E-state index contributed by atoms with van der Waals surface area (Å²) in [7, 11) is -2.08. The second-order valence-electron chi connectivity index (χ2n) is 11.7. The first kappa shape index (κ1) is 36.2. The number of carbonyl (C=O) groups excluding carboxylic acids is 2. The molecule has 0 spiro atoms. The number of aliphatic hydroxyl groups is 1. The van der Waals surface area contributed by atoms with E-state index in [4.69, 9.17) is 4.74 Å². The smallest absolute Gasteiger partial charge is 0.410 e. The van der Waals surface area contributed by atoms with E-state index >= 15 is 0 Å². The topological polar surface area (TPSA) is 116 Å². The van der Waals surface area contributed by atoms with E-state index in [-0.39, 0.29) is 30.9 Å². The molecule has 0 aromatic heterocycles. The fourth-order valence-electron chi connectivity index (χ4n) is 5.57. The van der Waals surface area contributed by atoms with E-state index < -0.39 is 40.2 Å². The van der Waals surface area contributed by atoms with Crippen molar-refractivity contribution >= 4 is 27.7 Å². The van der Waals surface area contributed by atoms with Gasteiger partial charge in [0.1, 0.15) is 6.61 Å². The van der Waals surface area contributed by atoms with Crippen LogP contribution in [0.25, 0.3) is 0 Å². The third-order valence-electron chi connectivity index (χ3n) is 8.20. The van der Waals surface area contributed by atoms with Crippen LogP contribution >= 0.6 is 0 Å². The van der Waals surface area contributed by atoms with Crippen molar-refractivity contribution in [2.24, 2.45) is 0 Å². The lowest BCUT2D eigenvalue weighted by molar-refractivity contribution is 0.0368. The van der Waals surface area contributed by atoms with E-state index in [1.807, 2.05) is 97.9 Å². The summed E-state index contributed by atoms with van der Waals surface area (Å²) in [5.74, 6) is -0.497. The third-order valence-corrected chi connectivity index (χ3v) is 10.2. The largest absolute Gasteiger partial charge is 0.445 e. The highest BCUT2D eigenvalue weighted by molar-refractivity contribution is 7.92. The highest BCUT2D eigenvalue weighted by Gasteiger charge is 2.32. The molecule has 4 aromatic carbocycles. The summed E-state index contributed by atoms with van der Waals surface area (Å²) in [6, 6.07) is 33.6. The van der Waals surface area contributed by atoms with Gasteiger partial charge in [-0.1, -0.05) is 111 Å². The van der Waals surface area contributed by atoms with Gasteiger partial charge in [0, 0.05) is 12.6 Å². The maximum atomic E-state index is 13.7.